The standard InChI is InChI=1S/C15H12FN3/c16-13-9-11(4-5-14(13)17)10-2-1-3-12(8-10)15-6-7-18-19-15/h1-9H,17H2,(H,18,19). The molecule has 1 heterocycles. The van der Waals surface area contributed by atoms with E-state index in [1.165, 1.54) is 6.07 Å². The number of anilines is 1. The van der Waals surface area contributed by atoms with E-state index < -0.39 is 5.82 Å². The fourth-order valence-electron chi connectivity index (χ4n) is 1.99. The number of aromatic amines is 1. The lowest BCUT2D eigenvalue weighted by atomic mass is 10.0. The molecule has 94 valence electrons. The summed E-state index contributed by atoms with van der Waals surface area (Å²) in [5, 5.41) is 6.83. The van der Waals surface area contributed by atoms with Gasteiger partial charge >= 0.3 is 0 Å². The molecule has 3 N–H and O–H groups in total. The second-order valence-electron chi connectivity index (χ2n) is 4.29. The molecule has 4 heteroatoms. The summed E-state index contributed by atoms with van der Waals surface area (Å²) in [4.78, 5) is 0. The first kappa shape index (κ1) is 11.5. The summed E-state index contributed by atoms with van der Waals surface area (Å²) in [6, 6.07) is 14.6. The summed E-state index contributed by atoms with van der Waals surface area (Å²) < 4.78 is 13.5. The largest absolute Gasteiger partial charge is 0.396 e. The van der Waals surface area contributed by atoms with Gasteiger partial charge in [0.2, 0.25) is 0 Å². The number of nitrogen functional groups attached to an aromatic ring is 1. The van der Waals surface area contributed by atoms with E-state index in [1.54, 1.807) is 12.3 Å². The van der Waals surface area contributed by atoms with E-state index in [-0.39, 0.29) is 5.69 Å². The second kappa shape index (κ2) is 4.57. The Morgan fingerprint density at radius 3 is 2.47 bits per heavy atom. The van der Waals surface area contributed by atoms with Crippen molar-refractivity contribution in [3.05, 3.63) is 60.5 Å². The Balaban J connectivity index is 2.06. The molecule has 0 aliphatic heterocycles. The minimum atomic E-state index is -0.399. The molecule has 0 aliphatic carbocycles. The Kier molecular flexibility index (Phi) is 2.76. The van der Waals surface area contributed by atoms with Crippen LogP contribution in [-0.4, -0.2) is 10.2 Å². The summed E-state index contributed by atoms with van der Waals surface area (Å²) in [7, 11) is 0. The summed E-state index contributed by atoms with van der Waals surface area (Å²) in [5.74, 6) is -0.399. The molecule has 0 bridgehead atoms. The predicted molar refractivity (Wildman–Crippen MR) is 73.8 cm³/mol. The van der Waals surface area contributed by atoms with E-state index >= 15 is 0 Å². The van der Waals surface area contributed by atoms with Crippen molar-refractivity contribution in [2.24, 2.45) is 0 Å². The topological polar surface area (TPSA) is 54.7 Å². The monoisotopic (exact) mass is 253 g/mol. The van der Waals surface area contributed by atoms with Gasteiger partial charge in [0, 0.05) is 11.8 Å². The van der Waals surface area contributed by atoms with E-state index in [0.29, 0.717) is 0 Å². The number of halogens is 1. The van der Waals surface area contributed by atoms with Gasteiger partial charge in [0.1, 0.15) is 5.82 Å². The fraction of sp³-hybridized carbons (Fsp3) is 0. The molecule has 0 saturated carbocycles. The molecule has 0 unspecified atom stereocenters. The molecule has 3 nitrogen and oxygen atoms in total. The van der Waals surface area contributed by atoms with Gasteiger partial charge in [-0.3, -0.25) is 5.10 Å². The highest BCUT2D eigenvalue weighted by molar-refractivity contribution is 5.72. The number of benzene rings is 2. The first-order chi connectivity index (χ1) is 9.24. The summed E-state index contributed by atoms with van der Waals surface area (Å²) in [6.45, 7) is 0. The highest BCUT2D eigenvalue weighted by atomic mass is 19.1. The Morgan fingerprint density at radius 2 is 1.74 bits per heavy atom. The lowest BCUT2D eigenvalue weighted by Gasteiger charge is -2.05. The van der Waals surface area contributed by atoms with Crippen molar-refractivity contribution < 1.29 is 4.39 Å². The molecule has 0 amide bonds. The molecule has 0 fully saturated rings. The summed E-state index contributed by atoms with van der Waals surface area (Å²) in [6.07, 6.45) is 1.70. The van der Waals surface area contributed by atoms with Gasteiger partial charge in [0.05, 0.1) is 11.4 Å². The minimum Gasteiger partial charge on any atom is -0.396 e. The molecule has 0 radical (unpaired) electrons. The zero-order chi connectivity index (χ0) is 13.2. The number of aromatic nitrogens is 2. The van der Waals surface area contributed by atoms with Crippen LogP contribution in [0.2, 0.25) is 0 Å². The third kappa shape index (κ3) is 2.20. The Labute approximate surface area is 109 Å². The summed E-state index contributed by atoms with van der Waals surface area (Å²) in [5.41, 5.74) is 9.32. The van der Waals surface area contributed by atoms with Crippen LogP contribution in [0.5, 0.6) is 0 Å². The third-order valence-electron chi connectivity index (χ3n) is 3.01. The average molecular weight is 253 g/mol. The molecule has 0 atom stereocenters. The molecule has 3 rings (SSSR count). The number of hydrogen-bond acceptors (Lipinski definition) is 2. The maximum Gasteiger partial charge on any atom is 0.146 e. The maximum atomic E-state index is 13.5. The molecule has 0 aliphatic rings. The SMILES string of the molecule is Nc1ccc(-c2cccc(-c3ccn[nH]3)c2)cc1F. The van der Waals surface area contributed by atoms with Gasteiger partial charge < -0.3 is 5.73 Å². The molecule has 0 spiro atoms. The Morgan fingerprint density at radius 1 is 0.947 bits per heavy atom. The van der Waals surface area contributed by atoms with Crippen LogP contribution in [0.4, 0.5) is 10.1 Å². The lowest BCUT2D eigenvalue weighted by Crippen LogP contribution is -1.90. The number of H-pyrrole nitrogens is 1. The van der Waals surface area contributed by atoms with Crippen LogP contribution in [0.15, 0.2) is 54.7 Å². The Bertz CT molecular complexity index is 705. The molecule has 0 saturated heterocycles. The summed E-state index contributed by atoms with van der Waals surface area (Å²) >= 11 is 0. The highest BCUT2D eigenvalue weighted by Crippen LogP contribution is 2.26. The zero-order valence-electron chi connectivity index (χ0n) is 10.1. The zero-order valence-corrected chi connectivity index (χ0v) is 10.1. The van der Waals surface area contributed by atoms with Crippen LogP contribution in [0.3, 0.4) is 0 Å². The second-order valence-corrected chi connectivity index (χ2v) is 4.29. The van der Waals surface area contributed by atoms with Gasteiger partial charge in [-0.1, -0.05) is 24.3 Å². The smallest absolute Gasteiger partial charge is 0.146 e. The molecule has 2 aromatic carbocycles. The van der Waals surface area contributed by atoms with Crippen molar-refractivity contribution in [3.63, 3.8) is 0 Å². The fourth-order valence-corrected chi connectivity index (χ4v) is 1.99. The first-order valence-electron chi connectivity index (χ1n) is 5.89. The van der Waals surface area contributed by atoms with Gasteiger partial charge in [-0.05, 0) is 35.4 Å². The quantitative estimate of drug-likeness (QED) is 0.687. The molecule has 1 aromatic heterocycles. The first-order valence-corrected chi connectivity index (χ1v) is 5.89. The maximum absolute atomic E-state index is 13.5. The molecular weight excluding hydrogens is 241 g/mol. The molecule has 3 aromatic rings. The van der Waals surface area contributed by atoms with Crippen LogP contribution in [0.1, 0.15) is 0 Å². The van der Waals surface area contributed by atoms with Gasteiger partial charge in [-0.15, -0.1) is 0 Å². The number of rotatable bonds is 2. The number of nitrogens with zero attached hydrogens (tertiary/aromatic N) is 1. The molecular formula is C15H12FN3. The van der Waals surface area contributed by atoms with Gasteiger partial charge in [0.15, 0.2) is 0 Å². The van der Waals surface area contributed by atoms with Crippen molar-refractivity contribution >= 4 is 5.69 Å². The predicted octanol–water partition coefficient (Wildman–Crippen LogP) is 3.47. The van der Waals surface area contributed by atoms with Crippen molar-refractivity contribution in [3.8, 4) is 22.4 Å². The van der Waals surface area contributed by atoms with Crippen molar-refractivity contribution in [2.45, 2.75) is 0 Å². The van der Waals surface area contributed by atoms with Crippen LogP contribution < -0.4 is 5.73 Å². The van der Waals surface area contributed by atoms with E-state index in [2.05, 4.69) is 10.2 Å². The van der Waals surface area contributed by atoms with Crippen LogP contribution >= 0.6 is 0 Å². The van der Waals surface area contributed by atoms with Crippen molar-refractivity contribution in [1.82, 2.24) is 10.2 Å². The van der Waals surface area contributed by atoms with E-state index in [9.17, 15) is 4.39 Å². The van der Waals surface area contributed by atoms with E-state index in [1.807, 2.05) is 36.4 Å². The third-order valence-corrected chi connectivity index (χ3v) is 3.01. The van der Waals surface area contributed by atoms with Crippen molar-refractivity contribution in [1.29, 1.82) is 0 Å². The molecule has 19 heavy (non-hydrogen) atoms. The van der Waals surface area contributed by atoms with E-state index in [0.717, 1.165) is 22.4 Å². The van der Waals surface area contributed by atoms with Crippen molar-refractivity contribution in [2.75, 3.05) is 5.73 Å². The van der Waals surface area contributed by atoms with Crippen LogP contribution in [0.25, 0.3) is 22.4 Å². The van der Waals surface area contributed by atoms with Crippen LogP contribution in [0, 0.1) is 5.82 Å². The van der Waals surface area contributed by atoms with Crippen LogP contribution in [-0.2, 0) is 0 Å². The number of nitrogens with one attached hydrogen (secondary N) is 1. The number of nitrogens with two attached hydrogens (primary N) is 1. The highest BCUT2D eigenvalue weighted by Gasteiger charge is 2.05. The number of hydrogen-bond donors (Lipinski definition) is 2. The van der Waals surface area contributed by atoms with Gasteiger partial charge in [-0.2, -0.15) is 5.10 Å². The normalized spacial score (nSPS) is 10.6. The minimum absolute atomic E-state index is 0.161. The van der Waals surface area contributed by atoms with Gasteiger partial charge in [0.25, 0.3) is 0 Å². The van der Waals surface area contributed by atoms with E-state index in [4.69, 9.17) is 5.73 Å². The Hall–Kier alpha value is -2.62. The lowest BCUT2D eigenvalue weighted by molar-refractivity contribution is 0.633. The average Bonchev–Trinajstić information content (AvgIpc) is 2.96. The van der Waals surface area contributed by atoms with Gasteiger partial charge in [-0.25, -0.2) is 4.39 Å².